The Bertz CT molecular complexity index is 435. The Morgan fingerprint density at radius 3 is 2.55 bits per heavy atom. The van der Waals surface area contributed by atoms with E-state index in [2.05, 4.69) is 37.8 Å². The number of hydrogen-bond acceptors (Lipinski definition) is 3. The molecule has 0 amide bonds. The highest BCUT2D eigenvalue weighted by molar-refractivity contribution is 9.10. The summed E-state index contributed by atoms with van der Waals surface area (Å²) in [6.45, 7) is 8.66. The van der Waals surface area contributed by atoms with Gasteiger partial charge in [-0.15, -0.1) is 11.6 Å². The Morgan fingerprint density at radius 1 is 1.20 bits per heavy atom. The van der Waals surface area contributed by atoms with Gasteiger partial charge in [-0.05, 0) is 41.9 Å². The molecule has 2 heterocycles. The smallest absolute Gasteiger partial charge is 0.0767 e. The summed E-state index contributed by atoms with van der Waals surface area (Å²) in [7, 11) is 2.04. The van der Waals surface area contributed by atoms with E-state index in [-0.39, 0.29) is 0 Å². The fourth-order valence-corrected chi connectivity index (χ4v) is 3.71. The van der Waals surface area contributed by atoms with Crippen molar-refractivity contribution in [3.05, 3.63) is 15.9 Å². The molecule has 4 nitrogen and oxygen atoms in total. The van der Waals surface area contributed by atoms with Crippen LogP contribution in [0.1, 0.15) is 24.7 Å². The third-order valence-corrected chi connectivity index (χ3v) is 5.04. The lowest BCUT2D eigenvalue weighted by atomic mass is 10.3. The van der Waals surface area contributed by atoms with E-state index in [1.165, 1.54) is 16.6 Å². The van der Waals surface area contributed by atoms with Gasteiger partial charge in [-0.3, -0.25) is 9.58 Å². The summed E-state index contributed by atoms with van der Waals surface area (Å²) in [6, 6.07) is 0. The van der Waals surface area contributed by atoms with Gasteiger partial charge in [0.1, 0.15) is 0 Å². The molecular weight excluding hydrogens is 340 g/mol. The molecule has 0 radical (unpaired) electrons. The van der Waals surface area contributed by atoms with E-state index in [1.54, 1.807) is 0 Å². The first-order valence-corrected chi connectivity index (χ1v) is 8.69. The van der Waals surface area contributed by atoms with Crippen molar-refractivity contribution in [3.8, 4) is 0 Å². The molecule has 6 heteroatoms. The highest BCUT2D eigenvalue weighted by atomic mass is 79.9. The lowest BCUT2D eigenvalue weighted by Gasteiger charge is -2.21. The molecule has 0 saturated carbocycles. The highest BCUT2D eigenvalue weighted by Gasteiger charge is 2.18. The Balaban J connectivity index is 1.98. The molecule has 0 spiro atoms. The van der Waals surface area contributed by atoms with Gasteiger partial charge >= 0.3 is 0 Å². The first kappa shape index (κ1) is 16.3. The summed E-state index contributed by atoms with van der Waals surface area (Å²) >= 11 is 9.55. The molecule has 0 aliphatic carbocycles. The van der Waals surface area contributed by atoms with Crippen LogP contribution < -0.4 is 0 Å². The fourth-order valence-electron chi connectivity index (χ4n) is 2.73. The van der Waals surface area contributed by atoms with Gasteiger partial charge < -0.3 is 4.90 Å². The predicted molar refractivity (Wildman–Crippen MR) is 87.3 cm³/mol. The molecule has 0 N–H and O–H groups in total. The standard InChI is InChI=1S/C14H24BrClN4/c1-3-12-14(15)13(18(2)17-12)11-20-7-4-6-19(8-5-16)9-10-20/h3-11H2,1-2H3. The summed E-state index contributed by atoms with van der Waals surface area (Å²) in [6.07, 6.45) is 2.19. The van der Waals surface area contributed by atoms with Crippen LogP contribution in [-0.2, 0) is 20.0 Å². The molecular formula is C14H24BrClN4. The molecule has 1 aromatic heterocycles. The maximum absolute atomic E-state index is 5.84. The predicted octanol–water partition coefficient (Wildman–Crippen LogP) is 2.49. The van der Waals surface area contributed by atoms with Gasteiger partial charge in [0, 0.05) is 39.1 Å². The quantitative estimate of drug-likeness (QED) is 0.751. The second-order valence-electron chi connectivity index (χ2n) is 5.34. The minimum atomic E-state index is 0.729. The van der Waals surface area contributed by atoms with Crippen LogP contribution in [0.4, 0.5) is 0 Å². The number of halogens is 2. The fraction of sp³-hybridized carbons (Fsp3) is 0.786. The second-order valence-corrected chi connectivity index (χ2v) is 6.52. The SMILES string of the molecule is CCc1nn(C)c(CN2CCCN(CCCl)CC2)c1Br. The minimum Gasteiger partial charge on any atom is -0.301 e. The van der Waals surface area contributed by atoms with Gasteiger partial charge in [-0.1, -0.05) is 6.92 Å². The van der Waals surface area contributed by atoms with E-state index in [9.17, 15) is 0 Å². The van der Waals surface area contributed by atoms with E-state index in [4.69, 9.17) is 11.6 Å². The first-order valence-electron chi connectivity index (χ1n) is 7.36. The molecule has 1 aliphatic rings. The van der Waals surface area contributed by atoms with Crippen molar-refractivity contribution < 1.29 is 0 Å². The normalized spacial score (nSPS) is 18.4. The number of alkyl halides is 1. The molecule has 114 valence electrons. The largest absolute Gasteiger partial charge is 0.301 e. The molecule has 0 bridgehead atoms. The van der Waals surface area contributed by atoms with E-state index in [0.717, 1.165) is 57.3 Å². The molecule has 1 fully saturated rings. The summed E-state index contributed by atoms with van der Waals surface area (Å²) < 4.78 is 3.20. The van der Waals surface area contributed by atoms with Crippen molar-refractivity contribution in [3.63, 3.8) is 0 Å². The van der Waals surface area contributed by atoms with Crippen LogP contribution in [0.5, 0.6) is 0 Å². The molecule has 0 aromatic carbocycles. The second kappa shape index (κ2) is 7.78. The summed E-state index contributed by atoms with van der Waals surface area (Å²) in [4.78, 5) is 4.98. The molecule has 1 aromatic rings. The highest BCUT2D eigenvalue weighted by Crippen LogP contribution is 2.23. The van der Waals surface area contributed by atoms with Crippen LogP contribution in [-0.4, -0.2) is 58.2 Å². The first-order chi connectivity index (χ1) is 9.65. The van der Waals surface area contributed by atoms with Gasteiger partial charge in [-0.2, -0.15) is 5.10 Å². The zero-order valence-electron chi connectivity index (χ0n) is 12.4. The van der Waals surface area contributed by atoms with Gasteiger partial charge in [0.25, 0.3) is 0 Å². The molecule has 2 rings (SSSR count). The van der Waals surface area contributed by atoms with Crippen LogP contribution >= 0.6 is 27.5 Å². The maximum atomic E-state index is 5.84. The number of rotatable bonds is 5. The van der Waals surface area contributed by atoms with Crippen LogP contribution in [0.2, 0.25) is 0 Å². The van der Waals surface area contributed by atoms with Crippen molar-refractivity contribution in [2.75, 3.05) is 38.6 Å². The van der Waals surface area contributed by atoms with Crippen molar-refractivity contribution in [1.29, 1.82) is 0 Å². The van der Waals surface area contributed by atoms with Crippen molar-refractivity contribution in [2.45, 2.75) is 26.3 Å². The Morgan fingerprint density at radius 2 is 1.90 bits per heavy atom. The Kier molecular flexibility index (Phi) is 6.33. The monoisotopic (exact) mass is 362 g/mol. The maximum Gasteiger partial charge on any atom is 0.0767 e. The summed E-state index contributed by atoms with van der Waals surface area (Å²) in [5.41, 5.74) is 2.44. The van der Waals surface area contributed by atoms with Crippen LogP contribution in [0, 0.1) is 0 Å². The van der Waals surface area contributed by atoms with Crippen LogP contribution in [0.25, 0.3) is 0 Å². The molecule has 0 atom stereocenters. The van der Waals surface area contributed by atoms with E-state index in [0.29, 0.717) is 0 Å². The number of aromatic nitrogens is 2. The van der Waals surface area contributed by atoms with Gasteiger partial charge in [0.05, 0.1) is 15.9 Å². The van der Waals surface area contributed by atoms with Crippen LogP contribution in [0.3, 0.4) is 0 Å². The van der Waals surface area contributed by atoms with Crippen molar-refractivity contribution in [1.82, 2.24) is 19.6 Å². The Hall–Kier alpha value is -0.100. The topological polar surface area (TPSA) is 24.3 Å². The van der Waals surface area contributed by atoms with Gasteiger partial charge in [0.2, 0.25) is 0 Å². The van der Waals surface area contributed by atoms with Crippen molar-refractivity contribution >= 4 is 27.5 Å². The lowest BCUT2D eigenvalue weighted by molar-refractivity contribution is 0.253. The third kappa shape index (κ3) is 3.97. The van der Waals surface area contributed by atoms with Gasteiger partial charge in [-0.25, -0.2) is 0 Å². The van der Waals surface area contributed by atoms with Gasteiger partial charge in [0.15, 0.2) is 0 Å². The molecule has 1 aliphatic heterocycles. The van der Waals surface area contributed by atoms with E-state index < -0.39 is 0 Å². The zero-order valence-corrected chi connectivity index (χ0v) is 14.8. The molecule has 20 heavy (non-hydrogen) atoms. The van der Waals surface area contributed by atoms with Crippen LogP contribution in [0.15, 0.2) is 4.47 Å². The van der Waals surface area contributed by atoms with Crippen molar-refractivity contribution in [2.24, 2.45) is 7.05 Å². The summed E-state index contributed by atoms with van der Waals surface area (Å²) in [5.74, 6) is 0.729. The van der Waals surface area contributed by atoms with E-state index >= 15 is 0 Å². The third-order valence-electron chi connectivity index (χ3n) is 3.96. The molecule has 1 saturated heterocycles. The van der Waals surface area contributed by atoms with E-state index in [1.807, 2.05) is 11.7 Å². The minimum absolute atomic E-state index is 0.729. The number of hydrogen-bond donors (Lipinski definition) is 0. The average molecular weight is 364 g/mol. The average Bonchev–Trinajstić information content (AvgIpc) is 2.61. The number of aryl methyl sites for hydroxylation is 2. The lowest BCUT2D eigenvalue weighted by Crippen LogP contribution is -2.32. The Labute approximate surface area is 135 Å². The zero-order chi connectivity index (χ0) is 14.5. The summed E-state index contributed by atoms with van der Waals surface area (Å²) in [5, 5.41) is 4.58. The number of nitrogens with zero attached hydrogens (tertiary/aromatic N) is 4. The molecule has 0 unspecified atom stereocenters.